The molecule has 2 aromatic carbocycles. The van der Waals surface area contributed by atoms with Gasteiger partial charge in [-0.2, -0.15) is 0 Å². The summed E-state index contributed by atoms with van der Waals surface area (Å²) in [7, 11) is 0. The third-order valence-electron chi connectivity index (χ3n) is 7.07. The van der Waals surface area contributed by atoms with Crippen molar-refractivity contribution in [1.29, 1.82) is 0 Å². The molecule has 1 aliphatic rings. The van der Waals surface area contributed by atoms with Crippen molar-refractivity contribution in [1.82, 2.24) is 20.3 Å². The summed E-state index contributed by atoms with van der Waals surface area (Å²) >= 11 is 0. The predicted molar refractivity (Wildman–Crippen MR) is 146 cm³/mol. The van der Waals surface area contributed by atoms with Crippen LogP contribution in [0.2, 0.25) is 0 Å². The summed E-state index contributed by atoms with van der Waals surface area (Å²) in [5.74, 6) is -0.616. The van der Waals surface area contributed by atoms with Crippen LogP contribution >= 0.6 is 0 Å². The van der Waals surface area contributed by atoms with Gasteiger partial charge in [0.25, 0.3) is 5.91 Å². The van der Waals surface area contributed by atoms with E-state index < -0.39 is 0 Å². The number of hydrogen-bond donors (Lipinski definition) is 2. The van der Waals surface area contributed by atoms with Crippen molar-refractivity contribution in [3.05, 3.63) is 101 Å². The van der Waals surface area contributed by atoms with Crippen LogP contribution in [-0.2, 0) is 17.7 Å². The number of rotatable bonds is 6. The summed E-state index contributed by atoms with van der Waals surface area (Å²) in [6.07, 6.45) is 5.98. The van der Waals surface area contributed by atoms with Crippen LogP contribution in [0, 0.1) is 12.7 Å². The first-order valence-corrected chi connectivity index (χ1v) is 12.7. The van der Waals surface area contributed by atoms with E-state index in [0.29, 0.717) is 17.5 Å². The van der Waals surface area contributed by atoms with Crippen LogP contribution in [0.4, 0.5) is 10.1 Å². The molecule has 1 aliphatic heterocycles. The van der Waals surface area contributed by atoms with Crippen molar-refractivity contribution in [2.75, 3.05) is 31.2 Å². The lowest BCUT2D eigenvalue weighted by Gasteiger charge is -2.28. The van der Waals surface area contributed by atoms with Gasteiger partial charge in [-0.25, -0.2) is 4.39 Å². The summed E-state index contributed by atoms with van der Waals surface area (Å²) in [4.78, 5) is 27.3. The quantitative estimate of drug-likeness (QED) is 0.340. The fourth-order valence-corrected chi connectivity index (χ4v) is 4.94. The van der Waals surface area contributed by atoms with Gasteiger partial charge in [0.2, 0.25) is 0 Å². The fourth-order valence-electron chi connectivity index (χ4n) is 4.94. The van der Waals surface area contributed by atoms with Gasteiger partial charge < -0.3 is 19.9 Å². The second-order valence-corrected chi connectivity index (χ2v) is 9.68. The average Bonchev–Trinajstić information content (AvgIpc) is 3.30. The molecule has 1 amide bonds. The zero-order chi connectivity index (χ0) is 26.1. The zero-order valence-corrected chi connectivity index (χ0v) is 21.1. The van der Waals surface area contributed by atoms with Crippen LogP contribution in [0.15, 0.2) is 67.1 Å². The van der Waals surface area contributed by atoms with Crippen LogP contribution in [0.3, 0.4) is 0 Å². The molecule has 0 bridgehead atoms. The number of aryl methyl sites for hydroxylation is 1. The minimum absolute atomic E-state index is 0.103. The van der Waals surface area contributed by atoms with Crippen LogP contribution in [0.5, 0.6) is 0 Å². The maximum absolute atomic E-state index is 14.5. The van der Waals surface area contributed by atoms with Crippen molar-refractivity contribution in [2.24, 2.45) is 0 Å². The van der Waals surface area contributed by atoms with Gasteiger partial charge in [0, 0.05) is 71.6 Å². The molecule has 1 fully saturated rings. The summed E-state index contributed by atoms with van der Waals surface area (Å²) in [5, 5.41) is 4.86. The summed E-state index contributed by atoms with van der Waals surface area (Å²) in [6, 6.07) is 15.1. The lowest BCUT2D eigenvalue weighted by molar-refractivity contribution is 0.0950. The second kappa shape index (κ2) is 10.2. The molecule has 0 spiro atoms. The Morgan fingerprint density at radius 1 is 1.11 bits per heavy atom. The maximum atomic E-state index is 14.5. The minimum Gasteiger partial charge on any atom is -0.378 e. The van der Waals surface area contributed by atoms with Crippen LogP contribution in [0.25, 0.3) is 21.8 Å². The molecule has 3 aromatic heterocycles. The van der Waals surface area contributed by atoms with E-state index in [-0.39, 0.29) is 18.3 Å². The van der Waals surface area contributed by atoms with Gasteiger partial charge in [-0.1, -0.05) is 6.07 Å². The molecule has 8 heteroatoms. The molecule has 0 unspecified atom stereocenters. The fraction of sp³-hybridized carbons (Fsp3) is 0.233. The van der Waals surface area contributed by atoms with Crippen molar-refractivity contribution in [2.45, 2.75) is 19.9 Å². The molecule has 192 valence electrons. The highest BCUT2D eigenvalue weighted by Crippen LogP contribution is 2.24. The smallest absolute Gasteiger partial charge is 0.251 e. The van der Waals surface area contributed by atoms with E-state index in [4.69, 9.17) is 4.74 Å². The number of aromatic nitrogens is 3. The third kappa shape index (κ3) is 4.95. The standard InChI is InChI=1S/C30H28FN5O2/c1-19-16-33-29-15-27(31)23(14-26(19)29)17-35-30(37)21-4-5-32-24(12-21)11-20-2-3-28-22(10-20)13-25(18-34-28)36-6-8-38-9-7-36/h2-5,10,12-16,18,33H,6-9,11,17H2,1H3,(H,35,37). The maximum Gasteiger partial charge on any atom is 0.251 e. The number of carbonyl (C=O) groups is 1. The van der Waals surface area contributed by atoms with E-state index in [1.165, 1.54) is 6.07 Å². The lowest BCUT2D eigenvalue weighted by atomic mass is 10.0. The number of fused-ring (bicyclic) bond motifs is 2. The van der Waals surface area contributed by atoms with Crippen molar-refractivity contribution >= 4 is 33.4 Å². The SMILES string of the molecule is Cc1c[nH]c2cc(F)c(CNC(=O)c3ccnc(Cc4ccc5ncc(N6CCOCC6)cc5c4)c3)cc12. The molecular weight excluding hydrogens is 481 g/mol. The van der Waals surface area contributed by atoms with Gasteiger partial charge >= 0.3 is 0 Å². The molecule has 7 nitrogen and oxygen atoms in total. The summed E-state index contributed by atoms with van der Waals surface area (Å²) < 4.78 is 20.0. The number of nitrogens with one attached hydrogen (secondary N) is 2. The number of amides is 1. The van der Waals surface area contributed by atoms with Crippen LogP contribution < -0.4 is 10.2 Å². The third-order valence-corrected chi connectivity index (χ3v) is 7.07. The Morgan fingerprint density at radius 2 is 1.97 bits per heavy atom. The molecule has 0 atom stereocenters. The average molecular weight is 510 g/mol. The number of hydrogen-bond acceptors (Lipinski definition) is 5. The topological polar surface area (TPSA) is 83.1 Å². The molecule has 6 rings (SSSR count). The van der Waals surface area contributed by atoms with Gasteiger partial charge in [-0.05, 0) is 60.5 Å². The molecule has 0 radical (unpaired) electrons. The Labute approximate surface area is 219 Å². The van der Waals surface area contributed by atoms with E-state index >= 15 is 0 Å². The first kappa shape index (κ1) is 24.1. The number of aromatic amines is 1. The number of pyridine rings is 2. The van der Waals surface area contributed by atoms with Gasteiger partial charge in [-0.15, -0.1) is 0 Å². The highest BCUT2D eigenvalue weighted by atomic mass is 19.1. The molecule has 0 saturated carbocycles. The molecular formula is C30H28FN5O2. The number of benzene rings is 2. The Morgan fingerprint density at radius 3 is 2.84 bits per heavy atom. The Bertz CT molecular complexity index is 1640. The minimum atomic E-state index is -0.349. The van der Waals surface area contributed by atoms with E-state index in [9.17, 15) is 9.18 Å². The second-order valence-electron chi connectivity index (χ2n) is 9.68. The monoisotopic (exact) mass is 509 g/mol. The summed E-state index contributed by atoms with van der Waals surface area (Å²) in [6.45, 7) is 5.24. The van der Waals surface area contributed by atoms with E-state index in [1.807, 2.05) is 31.5 Å². The molecule has 38 heavy (non-hydrogen) atoms. The molecule has 4 heterocycles. The largest absolute Gasteiger partial charge is 0.378 e. The van der Waals surface area contributed by atoms with E-state index in [2.05, 4.69) is 37.3 Å². The van der Waals surface area contributed by atoms with Crippen LogP contribution in [0.1, 0.15) is 32.7 Å². The lowest BCUT2D eigenvalue weighted by Crippen LogP contribution is -2.36. The Balaban J connectivity index is 1.16. The molecule has 0 aliphatic carbocycles. The predicted octanol–water partition coefficient (Wildman–Crippen LogP) is 4.92. The highest BCUT2D eigenvalue weighted by molar-refractivity contribution is 5.94. The van der Waals surface area contributed by atoms with E-state index in [1.54, 1.807) is 24.4 Å². The number of anilines is 1. The highest BCUT2D eigenvalue weighted by Gasteiger charge is 2.14. The number of morpholine rings is 1. The zero-order valence-electron chi connectivity index (χ0n) is 21.1. The van der Waals surface area contributed by atoms with Gasteiger partial charge in [-0.3, -0.25) is 14.8 Å². The normalized spacial score (nSPS) is 13.8. The van der Waals surface area contributed by atoms with Gasteiger partial charge in [0.05, 0.1) is 30.6 Å². The number of halogens is 1. The van der Waals surface area contributed by atoms with Crippen LogP contribution in [-0.4, -0.2) is 47.2 Å². The molecule has 2 N–H and O–H groups in total. The first-order chi connectivity index (χ1) is 18.5. The summed E-state index contributed by atoms with van der Waals surface area (Å²) in [5.41, 5.74) is 6.62. The van der Waals surface area contributed by atoms with Gasteiger partial charge in [0.15, 0.2) is 0 Å². The first-order valence-electron chi connectivity index (χ1n) is 12.7. The molecule has 1 saturated heterocycles. The number of H-pyrrole nitrogens is 1. The Hall–Kier alpha value is -4.30. The van der Waals surface area contributed by atoms with Crippen molar-refractivity contribution in [3.8, 4) is 0 Å². The van der Waals surface area contributed by atoms with Crippen molar-refractivity contribution < 1.29 is 13.9 Å². The molecule has 5 aromatic rings. The van der Waals surface area contributed by atoms with Crippen molar-refractivity contribution in [3.63, 3.8) is 0 Å². The Kier molecular flexibility index (Phi) is 6.47. The number of ether oxygens (including phenoxy) is 1. The number of carbonyl (C=O) groups excluding carboxylic acids is 1. The van der Waals surface area contributed by atoms with E-state index in [0.717, 1.165) is 70.6 Å². The number of nitrogens with zero attached hydrogens (tertiary/aromatic N) is 3. The van der Waals surface area contributed by atoms with Gasteiger partial charge in [0.1, 0.15) is 5.82 Å².